The highest BCUT2D eigenvalue weighted by Crippen LogP contribution is 2.37. The van der Waals surface area contributed by atoms with Crippen LogP contribution in [0.15, 0.2) is 6.07 Å². The number of phenols is 1. The highest BCUT2D eigenvalue weighted by molar-refractivity contribution is 6.02. The molecule has 0 spiro atoms. The molecule has 3 N–H and O–H groups in total. The summed E-state index contributed by atoms with van der Waals surface area (Å²) in [6.07, 6.45) is 0. The summed E-state index contributed by atoms with van der Waals surface area (Å²) in [5, 5.41) is 19.2. The van der Waals surface area contributed by atoms with Gasteiger partial charge in [-0.3, -0.25) is 0 Å². The molecule has 0 aliphatic heterocycles. The first kappa shape index (κ1) is 18.6. The fourth-order valence-electron chi connectivity index (χ4n) is 2.20. The third-order valence-corrected chi connectivity index (χ3v) is 3.22. The van der Waals surface area contributed by atoms with E-state index >= 15 is 0 Å². The van der Waals surface area contributed by atoms with E-state index in [4.69, 9.17) is 14.6 Å². The number of carbonyl (C=O) groups excluding carboxylic acids is 1. The van der Waals surface area contributed by atoms with Crippen molar-refractivity contribution in [3.8, 4) is 11.5 Å². The third kappa shape index (κ3) is 4.20. The van der Waals surface area contributed by atoms with Gasteiger partial charge in [0.25, 0.3) is 0 Å². The molecule has 0 bridgehead atoms. The van der Waals surface area contributed by atoms with Gasteiger partial charge in [0, 0.05) is 12.0 Å². The molecule has 0 saturated heterocycles. The summed E-state index contributed by atoms with van der Waals surface area (Å²) in [6.45, 7) is 8.21. The number of hydrogen-bond donors (Lipinski definition) is 3. The normalized spacial score (nSPS) is 11.8. The van der Waals surface area contributed by atoms with Gasteiger partial charge in [0.05, 0.1) is 5.52 Å². The Morgan fingerprint density at radius 3 is 2.48 bits per heavy atom. The number of aromatic nitrogens is 2. The van der Waals surface area contributed by atoms with Crippen LogP contribution in [0.2, 0.25) is 0 Å². The Kier molecular flexibility index (Phi) is 4.92. The predicted octanol–water partition coefficient (Wildman–Crippen LogP) is 2.81. The number of ether oxygens (including phenoxy) is 2. The number of carbonyl (C=O) groups is 2. The number of nitrogens with zero attached hydrogens (tertiary/aromatic N) is 1. The van der Waals surface area contributed by atoms with Crippen LogP contribution in [-0.4, -0.2) is 44.3 Å². The zero-order valence-electron chi connectivity index (χ0n) is 14.8. The molecule has 0 atom stereocenters. The summed E-state index contributed by atoms with van der Waals surface area (Å²) in [5.41, 5.74) is -0.333. The minimum Gasteiger partial charge on any atom is -0.507 e. The van der Waals surface area contributed by atoms with Gasteiger partial charge in [0.1, 0.15) is 28.3 Å². The van der Waals surface area contributed by atoms with Crippen LogP contribution in [0.3, 0.4) is 0 Å². The predicted molar refractivity (Wildman–Crippen MR) is 90.1 cm³/mol. The number of aliphatic carboxylic acids is 1. The molecule has 0 fully saturated rings. The monoisotopic (exact) mass is 350 g/mol. The lowest BCUT2D eigenvalue weighted by Gasteiger charge is -2.21. The standard InChI is InChI=1S/C17H22N2O6/c1-8(2)15-18-9-6-10(20)12(16(23)25-17(3,4)5)14(13(9)19-15)24-7-11(21)22/h6,8,20H,7H2,1-5H3,(H,18,19)(H,21,22). The topological polar surface area (TPSA) is 122 Å². The fourth-order valence-corrected chi connectivity index (χ4v) is 2.20. The molecule has 8 nitrogen and oxygen atoms in total. The maximum atomic E-state index is 12.5. The molecule has 0 aliphatic rings. The van der Waals surface area contributed by atoms with Gasteiger partial charge in [-0.2, -0.15) is 0 Å². The van der Waals surface area contributed by atoms with Crippen molar-refractivity contribution in [3.05, 3.63) is 17.5 Å². The summed E-state index contributed by atoms with van der Waals surface area (Å²) >= 11 is 0. The van der Waals surface area contributed by atoms with E-state index in [1.807, 2.05) is 13.8 Å². The first-order chi connectivity index (χ1) is 11.5. The summed E-state index contributed by atoms with van der Waals surface area (Å²) in [7, 11) is 0. The van der Waals surface area contributed by atoms with Crippen LogP contribution >= 0.6 is 0 Å². The van der Waals surface area contributed by atoms with Crippen molar-refractivity contribution in [2.45, 2.75) is 46.1 Å². The van der Waals surface area contributed by atoms with Gasteiger partial charge in [0.2, 0.25) is 0 Å². The zero-order valence-corrected chi connectivity index (χ0v) is 14.8. The molecule has 0 amide bonds. The second kappa shape index (κ2) is 6.62. The lowest BCUT2D eigenvalue weighted by molar-refractivity contribution is -0.139. The quantitative estimate of drug-likeness (QED) is 0.709. The average Bonchev–Trinajstić information content (AvgIpc) is 2.85. The van der Waals surface area contributed by atoms with Crippen molar-refractivity contribution in [2.24, 2.45) is 0 Å². The summed E-state index contributed by atoms with van der Waals surface area (Å²) in [4.78, 5) is 30.8. The number of phenolic OH excluding ortho intramolecular Hbond substituents is 1. The molecule has 1 heterocycles. The molecule has 0 saturated carbocycles. The number of benzene rings is 1. The van der Waals surface area contributed by atoms with Crippen molar-refractivity contribution in [2.75, 3.05) is 6.61 Å². The van der Waals surface area contributed by atoms with Crippen molar-refractivity contribution in [1.82, 2.24) is 9.97 Å². The van der Waals surface area contributed by atoms with Gasteiger partial charge in [-0.1, -0.05) is 13.8 Å². The molecule has 1 aromatic carbocycles. The highest BCUT2D eigenvalue weighted by Gasteiger charge is 2.28. The summed E-state index contributed by atoms with van der Waals surface area (Å²) < 4.78 is 10.6. The molecule has 0 aliphatic carbocycles. The van der Waals surface area contributed by atoms with Gasteiger partial charge in [-0.15, -0.1) is 0 Å². The molecular formula is C17H22N2O6. The number of rotatable bonds is 5. The van der Waals surface area contributed by atoms with Crippen molar-refractivity contribution in [1.29, 1.82) is 0 Å². The van der Waals surface area contributed by atoms with Gasteiger partial charge < -0.3 is 24.7 Å². The number of aromatic amines is 1. The second-order valence-corrected chi connectivity index (χ2v) is 6.96. The SMILES string of the molecule is CC(C)c1nc2c(OCC(=O)O)c(C(=O)OC(C)(C)C)c(O)cc2[nH]1. The number of aromatic hydroxyl groups is 1. The van der Waals surface area contributed by atoms with Crippen LogP contribution < -0.4 is 4.74 Å². The molecule has 0 unspecified atom stereocenters. The lowest BCUT2D eigenvalue weighted by atomic mass is 10.1. The van der Waals surface area contributed by atoms with Gasteiger partial charge in [-0.05, 0) is 20.8 Å². The van der Waals surface area contributed by atoms with E-state index < -0.39 is 24.1 Å². The zero-order chi connectivity index (χ0) is 18.9. The average molecular weight is 350 g/mol. The Balaban J connectivity index is 2.65. The Morgan fingerprint density at radius 2 is 1.96 bits per heavy atom. The molecule has 0 radical (unpaired) electrons. The van der Waals surface area contributed by atoms with E-state index in [-0.39, 0.29) is 28.5 Å². The second-order valence-electron chi connectivity index (χ2n) is 6.96. The van der Waals surface area contributed by atoms with E-state index in [2.05, 4.69) is 9.97 Å². The van der Waals surface area contributed by atoms with Crippen molar-refractivity contribution < 1.29 is 29.3 Å². The van der Waals surface area contributed by atoms with E-state index in [9.17, 15) is 14.7 Å². The number of fused-ring (bicyclic) bond motifs is 1. The lowest BCUT2D eigenvalue weighted by Crippen LogP contribution is -2.24. The van der Waals surface area contributed by atoms with Crippen LogP contribution in [0, 0.1) is 0 Å². The number of carboxylic acids is 1. The van der Waals surface area contributed by atoms with Crippen LogP contribution in [0.1, 0.15) is 56.7 Å². The minimum absolute atomic E-state index is 0.0619. The van der Waals surface area contributed by atoms with Crippen LogP contribution in [0.4, 0.5) is 0 Å². The fraction of sp³-hybridized carbons (Fsp3) is 0.471. The number of hydrogen-bond acceptors (Lipinski definition) is 6. The van der Waals surface area contributed by atoms with E-state index in [1.54, 1.807) is 20.8 Å². The largest absolute Gasteiger partial charge is 0.507 e. The molecule has 2 rings (SSSR count). The molecule has 8 heteroatoms. The van der Waals surface area contributed by atoms with Crippen LogP contribution in [0.5, 0.6) is 11.5 Å². The molecule has 25 heavy (non-hydrogen) atoms. The Morgan fingerprint density at radius 1 is 1.32 bits per heavy atom. The Labute approximate surface area is 144 Å². The van der Waals surface area contributed by atoms with Gasteiger partial charge in [-0.25, -0.2) is 14.6 Å². The first-order valence-corrected chi connectivity index (χ1v) is 7.83. The number of nitrogens with one attached hydrogen (secondary N) is 1. The molecule has 1 aromatic heterocycles. The van der Waals surface area contributed by atoms with Gasteiger partial charge in [0.15, 0.2) is 12.4 Å². The molecule has 136 valence electrons. The highest BCUT2D eigenvalue weighted by atomic mass is 16.6. The van der Waals surface area contributed by atoms with Crippen LogP contribution in [-0.2, 0) is 9.53 Å². The smallest absolute Gasteiger partial charge is 0.346 e. The maximum Gasteiger partial charge on any atom is 0.346 e. The summed E-state index contributed by atoms with van der Waals surface area (Å²) in [6, 6.07) is 1.35. The minimum atomic E-state index is -1.22. The number of esters is 1. The van der Waals surface area contributed by atoms with Crippen LogP contribution in [0.25, 0.3) is 11.0 Å². The maximum absolute atomic E-state index is 12.5. The summed E-state index contributed by atoms with van der Waals surface area (Å²) in [5.74, 6) is -1.84. The van der Waals surface area contributed by atoms with E-state index in [0.717, 1.165) is 0 Å². The number of imidazole rings is 1. The molecule has 2 aromatic rings. The number of H-pyrrole nitrogens is 1. The van der Waals surface area contributed by atoms with Crippen molar-refractivity contribution >= 4 is 23.0 Å². The Hall–Kier alpha value is -2.77. The Bertz CT molecular complexity index is 817. The number of carboxylic acid groups (broad SMARTS) is 1. The van der Waals surface area contributed by atoms with Gasteiger partial charge >= 0.3 is 11.9 Å². The van der Waals surface area contributed by atoms with E-state index in [0.29, 0.717) is 11.3 Å². The first-order valence-electron chi connectivity index (χ1n) is 7.83. The van der Waals surface area contributed by atoms with E-state index in [1.165, 1.54) is 6.07 Å². The van der Waals surface area contributed by atoms with Crippen molar-refractivity contribution in [3.63, 3.8) is 0 Å². The molecular weight excluding hydrogens is 328 g/mol. The third-order valence-electron chi connectivity index (χ3n) is 3.22.